The van der Waals surface area contributed by atoms with Crippen molar-refractivity contribution >= 4 is 11.8 Å². The largest absolute Gasteiger partial charge is 0.314 e. The fourth-order valence-corrected chi connectivity index (χ4v) is 2.63. The minimum Gasteiger partial charge on any atom is -0.314 e. The predicted octanol–water partition coefficient (Wildman–Crippen LogP) is 0.417. The van der Waals surface area contributed by atoms with Gasteiger partial charge in [0, 0.05) is 56.6 Å². The van der Waals surface area contributed by atoms with Gasteiger partial charge in [-0.1, -0.05) is 0 Å². The molecule has 2 heterocycles. The summed E-state index contributed by atoms with van der Waals surface area (Å²) in [5, 5.41) is 7.52. The van der Waals surface area contributed by atoms with Crippen molar-refractivity contribution in [3.8, 4) is 0 Å². The highest BCUT2D eigenvalue weighted by Gasteiger charge is 2.08. The number of hydrogen-bond donors (Lipinski definition) is 1. The third-order valence-electron chi connectivity index (χ3n) is 2.57. The van der Waals surface area contributed by atoms with Crippen LogP contribution in [0.25, 0.3) is 0 Å². The number of hydrogen-bond acceptors (Lipinski definition) is 4. The van der Waals surface area contributed by atoms with E-state index in [9.17, 15) is 0 Å². The molecule has 15 heavy (non-hydrogen) atoms. The molecule has 4 nitrogen and oxygen atoms in total. The number of rotatable bonds is 4. The lowest BCUT2D eigenvalue weighted by Crippen LogP contribution is -2.44. The third kappa shape index (κ3) is 3.52. The molecule has 1 aliphatic rings. The van der Waals surface area contributed by atoms with Gasteiger partial charge >= 0.3 is 0 Å². The Labute approximate surface area is 95.0 Å². The maximum atomic E-state index is 4.15. The number of aryl methyl sites for hydroxylation is 1. The van der Waals surface area contributed by atoms with Crippen molar-refractivity contribution in [3.63, 3.8) is 0 Å². The van der Waals surface area contributed by atoms with E-state index in [1.807, 2.05) is 29.7 Å². The van der Waals surface area contributed by atoms with E-state index in [4.69, 9.17) is 0 Å². The lowest BCUT2D eigenvalue weighted by Gasteiger charge is -2.26. The normalized spacial score (nSPS) is 18.2. The quantitative estimate of drug-likeness (QED) is 0.754. The molecule has 1 aliphatic heterocycles. The first-order valence-corrected chi connectivity index (χ1v) is 6.38. The average Bonchev–Trinajstić information content (AvgIpc) is 2.66. The summed E-state index contributed by atoms with van der Waals surface area (Å²) >= 11 is 1.89. The van der Waals surface area contributed by atoms with Crippen molar-refractivity contribution in [1.29, 1.82) is 0 Å². The molecular weight excluding hydrogens is 208 g/mol. The van der Waals surface area contributed by atoms with Gasteiger partial charge in [-0.3, -0.25) is 9.58 Å². The SMILES string of the molecule is Cn1cc(SCCN2CCNCC2)cn1. The molecule has 1 saturated heterocycles. The van der Waals surface area contributed by atoms with E-state index in [1.54, 1.807) is 0 Å². The van der Waals surface area contributed by atoms with Crippen LogP contribution in [0.4, 0.5) is 0 Å². The molecule has 0 aliphatic carbocycles. The Hall–Kier alpha value is -0.520. The van der Waals surface area contributed by atoms with Gasteiger partial charge in [-0.05, 0) is 0 Å². The van der Waals surface area contributed by atoms with Gasteiger partial charge in [0.05, 0.1) is 6.20 Å². The van der Waals surface area contributed by atoms with Crippen molar-refractivity contribution in [2.45, 2.75) is 4.90 Å². The van der Waals surface area contributed by atoms with E-state index < -0.39 is 0 Å². The van der Waals surface area contributed by atoms with Crippen molar-refractivity contribution in [3.05, 3.63) is 12.4 Å². The Morgan fingerprint density at radius 1 is 1.47 bits per heavy atom. The van der Waals surface area contributed by atoms with Crippen molar-refractivity contribution < 1.29 is 0 Å². The Kier molecular flexibility index (Phi) is 4.05. The second-order valence-corrected chi connectivity index (χ2v) is 4.96. The van der Waals surface area contributed by atoms with E-state index in [2.05, 4.69) is 21.5 Å². The highest BCUT2D eigenvalue weighted by Crippen LogP contribution is 2.16. The zero-order chi connectivity index (χ0) is 10.5. The van der Waals surface area contributed by atoms with Crippen LogP contribution in [0.15, 0.2) is 17.3 Å². The fraction of sp³-hybridized carbons (Fsp3) is 0.700. The summed E-state index contributed by atoms with van der Waals surface area (Å²) in [6.45, 7) is 5.83. The molecule has 0 bridgehead atoms. The smallest absolute Gasteiger partial charge is 0.0625 e. The number of nitrogens with zero attached hydrogens (tertiary/aromatic N) is 3. The molecule has 1 aromatic heterocycles. The Morgan fingerprint density at radius 2 is 2.27 bits per heavy atom. The molecule has 1 fully saturated rings. The molecule has 1 aromatic rings. The second kappa shape index (κ2) is 5.53. The molecule has 0 amide bonds. The predicted molar refractivity (Wildman–Crippen MR) is 63.2 cm³/mol. The molecule has 1 N–H and O–H groups in total. The molecule has 84 valence electrons. The van der Waals surface area contributed by atoms with Crippen LogP contribution < -0.4 is 5.32 Å². The van der Waals surface area contributed by atoms with E-state index in [1.165, 1.54) is 24.5 Å². The summed E-state index contributed by atoms with van der Waals surface area (Å²) < 4.78 is 1.85. The average molecular weight is 226 g/mol. The van der Waals surface area contributed by atoms with Gasteiger partial charge in [0.15, 0.2) is 0 Å². The molecule has 0 spiro atoms. The van der Waals surface area contributed by atoms with Gasteiger partial charge in [-0.25, -0.2) is 0 Å². The summed E-state index contributed by atoms with van der Waals surface area (Å²) in [4.78, 5) is 3.78. The van der Waals surface area contributed by atoms with Gasteiger partial charge < -0.3 is 5.32 Å². The van der Waals surface area contributed by atoms with Crippen LogP contribution in [-0.4, -0.2) is 53.2 Å². The highest BCUT2D eigenvalue weighted by molar-refractivity contribution is 7.99. The van der Waals surface area contributed by atoms with E-state index in [0.717, 1.165) is 18.8 Å². The number of piperazine rings is 1. The van der Waals surface area contributed by atoms with E-state index >= 15 is 0 Å². The summed E-state index contributed by atoms with van der Waals surface area (Å²) in [5.41, 5.74) is 0. The van der Waals surface area contributed by atoms with Gasteiger partial charge in [0.25, 0.3) is 0 Å². The van der Waals surface area contributed by atoms with Gasteiger partial charge in [-0.2, -0.15) is 5.10 Å². The Balaban J connectivity index is 1.65. The van der Waals surface area contributed by atoms with Gasteiger partial charge in [0.2, 0.25) is 0 Å². The fourth-order valence-electron chi connectivity index (χ4n) is 1.70. The summed E-state index contributed by atoms with van der Waals surface area (Å²) in [6, 6.07) is 0. The minimum absolute atomic E-state index is 1.14. The molecule has 0 radical (unpaired) electrons. The van der Waals surface area contributed by atoms with Crippen LogP contribution >= 0.6 is 11.8 Å². The molecule has 2 rings (SSSR count). The molecular formula is C10H18N4S. The number of aromatic nitrogens is 2. The lowest BCUT2D eigenvalue weighted by atomic mass is 10.4. The van der Waals surface area contributed by atoms with Crippen LogP contribution in [0.2, 0.25) is 0 Å². The zero-order valence-electron chi connectivity index (χ0n) is 9.15. The standard InChI is InChI=1S/C10H18N4S/c1-13-9-10(8-12-13)15-7-6-14-4-2-11-3-5-14/h8-9,11H,2-7H2,1H3. The summed E-state index contributed by atoms with van der Waals surface area (Å²) in [7, 11) is 1.96. The van der Waals surface area contributed by atoms with Crippen LogP contribution in [0.1, 0.15) is 0 Å². The molecule has 0 aromatic carbocycles. The minimum atomic E-state index is 1.14. The highest BCUT2D eigenvalue weighted by atomic mass is 32.2. The molecule has 0 atom stereocenters. The van der Waals surface area contributed by atoms with Gasteiger partial charge in [0.1, 0.15) is 0 Å². The zero-order valence-corrected chi connectivity index (χ0v) is 9.96. The van der Waals surface area contributed by atoms with E-state index in [-0.39, 0.29) is 0 Å². The molecule has 0 unspecified atom stereocenters. The van der Waals surface area contributed by atoms with Gasteiger partial charge in [-0.15, -0.1) is 11.8 Å². The van der Waals surface area contributed by atoms with Crippen LogP contribution in [0.5, 0.6) is 0 Å². The second-order valence-electron chi connectivity index (χ2n) is 3.79. The van der Waals surface area contributed by atoms with Crippen LogP contribution in [0, 0.1) is 0 Å². The van der Waals surface area contributed by atoms with E-state index in [0.29, 0.717) is 0 Å². The van der Waals surface area contributed by atoms with Crippen LogP contribution in [-0.2, 0) is 7.05 Å². The maximum Gasteiger partial charge on any atom is 0.0625 e. The monoisotopic (exact) mass is 226 g/mol. The number of thioether (sulfide) groups is 1. The molecule has 0 saturated carbocycles. The Morgan fingerprint density at radius 3 is 2.93 bits per heavy atom. The lowest BCUT2D eigenvalue weighted by molar-refractivity contribution is 0.255. The molecule has 5 heteroatoms. The van der Waals surface area contributed by atoms with Crippen LogP contribution in [0.3, 0.4) is 0 Å². The van der Waals surface area contributed by atoms with Crippen molar-refractivity contribution in [2.75, 3.05) is 38.5 Å². The maximum absolute atomic E-state index is 4.15. The first-order chi connectivity index (χ1) is 7.34. The van der Waals surface area contributed by atoms with Crippen molar-refractivity contribution in [1.82, 2.24) is 20.0 Å². The summed E-state index contributed by atoms with van der Waals surface area (Å²) in [5.74, 6) is 1.16. The first kappa shape index (κ1) is 11.0. The first-order valence-electron chi connectivity index (χ1n) is 5.39. The number of nitrogens with one attached hydrogen (secondary N) is 1. The summed E-state index contributed by atoms with van der Waals surface area (Å²) in [6.07, 6.45) is 4.00. The third-order valence-corrected chi connectivity index (χ3v) is 3.50. The van der Waals surface area contributed by atoms with Crippen molar-refractivity contribution in [2.24, 2.45) is 7.05 Å². The topological polar surface area (TPSA) is 33.1 Å². The Bertz CT molecular complexity index is 293.